The van der Waals surface area contributed by atoms with Crippen LogP contribution in [0, 0.1) is 0 Å². The molecule has 0 saturated carbocycles. The summed E-state index contributed by atoms with van der Waals surface area (Å²) in [5, 5.41) is 9.86. The molecule has 0 fully saturated rings. The average molecular weight is 375 g/mol. The molecule has 0 unspecified atom stereocenters. The predicted octanol–water partition coefficient (Wildman–Crippen LogP) is 3.63. The second-order valence-electron chi connectivity index (χ2n) is 5.99. The third-order valence-corrected chi connectivity index (χ3v) is 4.81. The molecule has 0 aliphatic carbocycles. The van der Waals surface area contributed by atoms with E-state index in [0.29, 0.717) is 6.54 Å². The molecule has 0 aliphatic heterocycles. The Labute approximate surface area is 160 Å². The summed E-state index contributed by atoms with van der Waals surface area (Å²) in [6.07, 6.45) is 5.62. The number of carbonyl (C=O) groups excluding carboxylic acids is 1. The summed E-state index contributed by atoms with van der Waals surface area (Å²) >= 11 is 1.49. The lowest BCUT2D eigenvalue weighted by Gasteiger charge is -2.07. The van der Waals surface area contributed by atoms with Crippen LogP contribution in [0.4, 0.5) is 5.69 Å². The van der Waals surface area contributed by atoms with Gasteiger partial charge < -0.3 is 5.32 Å². The number of hydrogen-bond acceptors (Lipinski definition) is 5. The van der Waals surface area contributed by atoms with Gasteiger partial charge in [-0.25, -0.2) is 4.98 Å². The van der Waals surface area contributed by atoms with Crippen LogP contribution in [0.2, 0.25) is 0 Å². The molecule has 0 aliphatic rings. The smallest absolute Gasteiger partial charge is 0.230 e. The molecule has 0 spiro atoms. The monoisotopic (exact) mass is 375 g/mol. The minimum absolute atomic E-state index is 0.0934. The molecule has 1 N–H and O–H groups in total. The van der Waals surface area contributed by atoms with Crippen molar-refractivity contribution < 1.29 is 4.79 Å². The molecule has 0 radical (unpaired) electrons. The van der Waals surface area contributed by atoms with Crippen molar-refractivity contribution in [1.82, 2.24) is 19.7 Å². The molecule has 0 saturated heterocycles. The van der Waals surface area contributed by atoms with E-state index in [2.05, 4.69) is 20.4 Å². The van der Waals surface area contributed by atoms with Gasteiger partial charge in [-0.1, -0.05) is 18.2 Å². The largest absolute Gasteiger partial charge is 0.326 e. The van der Waals surface area contributed by atoms with Gasteiger partial charge in [0, 0.05) is 29.7 Å². The number of pyridine rings is 1. The summed E-state index contributed by atoms with van der Waals surface area (Å²) in [5.74, 6) is -0.0934. The van der Waals surface area contributed by atoms with E-state index < -0.39 is 0 Å². The second-order valence-corrected chi connectivity index (χ2v) is 6.85. The third-order valence-electron chi connectivity index (χ3n) is 3.89. The van der Waals surface area contributed by atoms with Crippen molar-refractivity contribution in [1.29, 1.82) is 0 Å². The van der Waals surface area contributed by atoms with E-state index in [1.54, 1.807) is 12.4 Å². The Morgan fingerprint density at radius 1 is 1.11 bits per heavy atom. The summed E-state index contributed by atoms with van der Waals surface area (Å²) in [5.41, 5.74) is 3.40. The van der Waals surface area contributed by atoms with Crippen molar-refractivity contribution >= 4 is 22.9 Å². The van der Waals surface area contributed by atoms with Crippen LogP contribution in [0.25, 0.3) is 10.7 Å². The van der Waals surface area contributed by atoms with Gasteiger partial charge in [-0.3, -0.25) is 14.5 Å². The molecule has 0 bridgehead atoms. The quantitative estimate of drug-likeness (QED) is 0.558. The van der Waals surface area contributed by atoms with Crippen LogP contribution < -0.4 is 5.32 Å². The first-order valence-corrected chi connectivity index (χ1v) is 9.36. The van der Waals surface area contributed by atoms with Crippen molar-refractivity contribution in [3.8, 4) is 10.7 Å². The first kappa shape index (κ1) is 17.1. The van der Waals surface area contributed by atoms with Gasteiger partial charge in [0.1, 0.15) is 5.01 Å². The van der Waals surface area contributed by atoms with E-state index in [-0.39, 0.29) is 12.3 Å². The first-order chi connectivity index (χ1) is 13.3. The Morgan fingerprint density at radius 3 is 2.89 bits per heavy atom. The highest BCUT2D eigenvalue weighted by Crippen LogP contribution is 2.21. The molecule has 7 heteroatoms. The predicted molar refractivity (Wildman–Crippen MR) is 105 cm³/mol. The van der Waals surface area contributed by atoms with Crippen molar-refractivity contribution in [2.75, 3.05) is 5.32 Å². The molecule has 4 rings (SSSR count). The van der Waals surface area contributed by atoms with E-state index in [1.165, 1.54) is 11.3 Å². The standard InChI is InChI=1S/C20H17N5OS/c26-19(12-17-14-27-20(24-17)18-7-1-2-8-21-18)23-16-6-3-5-15(11-16)13-25-10-4-9-22-25/h1-11,14H,12-13H2,(H,23,26). The highest BCUT2D eigenvalue weighted by molar-refractivity contribution is 7.13. The van der Waals surface area contributed by atoms with E-state index in [0.717, 1.165) is 27.6 Å². The van der Waals surface area contributed by atoms with Gasteiger partial charge >= 0.3 is 0 Å². The maximum Gasteiger partial charge on any atom is 0.230 e. The lowest BCUT2D eigenvalue weighted by atomic mass is 10.2. The molecule has 6 nitrogen and oxygen atoms in total. The van der Waals surface area contributed by atoms with Crippen LogP contribution in [0.1, 0.15) is 11.3 Å². The summed E-state index contributed by atoms with van der Waals surface area (Å²) < 4.78 is 1.84. The minimum atomic E-state index is -0.0934. The molecule has 3 aromatic heterocycles. The Bertz CT molecular complexity index is 1030. The van der Waals surface area contributed by atoms with E-state index >= 15 is 0 Å². The second kappa shape index (κ2) is 7.92. The molecule has 1 amide bonds. The number of rotatable bonds is 6. The lowest BCUT2D eigenvalue weighted by molar-refractivity contribution is -0.115. The van der Waals surface area contributed by atoms with Crippen LogP contribution in [0.15, 0.2) is 72.5 Å². The molecule has 27 heavy (non-hydrogen) atoms. The number of aromatic nitrogens is 4. The number of nitrogens with one attached hydrogen (secondary N) is 1. The summed E-state index contributed by atoms with van der Waals surface area (Å²) in [4.78, 5) is 21.2. The fourth-order valence-electron chi connectivity index (χ4n) is 2.69. The summed E-state index contributed by atoms with van der Waals surface area (Å²) in [6, 6.07) is 15.4. The Balaban J connectivity index is 1.39. The number of nitrogens with zero attached hydrogens (tertiary/aromatic N) is 4. The first-order valence-electron chi connectivity index (χ1n) is 8.48. The number of amides is 1. The van der Waals surface area contributed by atoms with E-state index in [9.17, 15) is 4.79 Å². The van der Waals surface area contributed by atoms with E-state index in [4.69, 9.17) is 0 Å². The molecule has 134 valence electrons. The molecule has 0 atom stereocenters. The lowest BCUT2D eigenvalue weighted by Crippen LogP contribution is -2.14. The van der Waals surface area contributed by atoms with E-state index in [1.807, 2.05) is 64.8 Å². The van der Waals surface area contributed by atoms with Crippen molar-refractivity contribution in [2.24, 2.45) is 0 Å². The number of thiazole rings is 1. The highest BCUT2D eigenvalue weighted by atomic mass is 32.1. The molecule has 4 aromatic rings. The average Bonchev–Trinajstić information content (AvgIpc) is 3.35. The molecule has 3 heterocycles. The zero-order valence-corrected chi connectivity index (χ0v) is 15.3. The van der Waals surface area contributed by atoms with Crippen LogP contribution in [0.3, 0.4) is 0 Å². The van der Waals surface area contributed by atoms with Crippen molar-refractivity contribution in [3.05, 3.63) is 83.8 Å². The van der Waals surface area contributed by atoms with Gasteiger partial charge in [-0.15, -0.1) is 11.3 Å². The van der Waals surface area contributed by atoms with Gasteiger partial charge in [0.15, 0.2) is 0 Å². The Morgan fingerprint density at radius 2 is 2.07 bits per heavy atom. The highest BCUT2D eigenvalue weighted by Gasteiger charge is 2.10. The third kappa shape index (κ3) is 4.45. The summed E-state index contributed by atoms with van der Waals surface area (Å²) in [6.45, 7) is 0.663. The van der Waals surface area contributed by atoms with Crippen LogP contribution >= 0.6 is 11.3 Å². The van der Waals surface area contributed by atoms with Crippen molar-refractivity contribution in [2.45, 2.75) is 13.0 Å². The Kier molecular flexibility index (Phi) is 5.02. The topological polar surface area (TPSA) is 72.7 Å². The zero-order valence-electron chi connectivity index (χ0n) is 14.4. The number of hydrogen-bond donors (Lipinski definition) is 1. The summed E-state index contributed by atoms with van der Waals surface area (Å²) in [7, 11) is 0. The maximum atomic E-state index is 12.4. The van der Waals surface area contributed by atoms with Crippen molar-refractivity contribution in [3.63, 3.8) is 0 Å². The van der Waals surface area contributed by atoms with Crippen LogP contribution in [-0.2, 0) is 17.8 Å². The number of benzene rings is 1. The SMILES string of the molecule is O=C(Cc1csc(-c2ccccn2)n1)Nc1cccc(Cn2cccn2)c1. The van der Waals surface area contributed by atoms with Gasteiger partial charge in [0.2, 0.25) is 5.91 Å². The van der Waals surface area contributed by atoms with Gasteiger partial charge in [-0.05, 0) is 35.9 Å². The van der Waals surface area contributed by atoms with Gasteiger partial charge in [-0.2, -0.15) is 5.10 Å². The normalized spacial score (nSPS) is 10.7. The molecular weight excluding hydrogens is 358 g/mol. The fourth-order valence-corrected chi connectivity index (χ4v) is 3.49. The van der Waals surface area contributed by atoms with Crippen LogP contribution in [-0.4, -0.2) is 25.7 Å². The minimum Gasteiger partial charge on any atom is -0.326 e. The zero-order chi connectivity index (χ0) is 18.5. The molecule has 1 aromatic carbocycles. The maximum absolute atomic E-state index is 12.4. The fraction of sp³-hybridized carbons (Fsp3) is 0.100. The number of anilines is 1. The van der Waals surface area contributed by atoms with Gasteiger partial charge in [0.05, 0.1) is 24.4 Å². The Hall–Kier alpha value is -3.32. The number of carbonyl (C=O) groups is 1. The van der Waals surface area contributed by atoms with Gasteiger partial charge in [0.25, 0.3) is 0 Å². The van der Waals surface area contributed by atoms with Crippen LogP contribution in [0.5, 0.6) is 0 Å². The molecular formula is C20H17N5OS.